The van der Waals surface area contributed by atoms with Gasteiger partial charge in [-0.2, -0.15) is 22.8 Å². The molecule has 6 nitrogen and oxygen atoms in total. The molecule has 12 heteroatoms. The van der Waals surface area contributed by atoms with Gasteiger partial charge in [0.1, 0.15) is 22.6 Å². The number of urea groups is 1. The first-order valence-electron chi connectivity index (χ1n) is 11.3. The first-order valence-corrected chi connectivity index (χ1v) is 11.7. The summed E-state index contributed by atoms with van der Waals surface area (Å²) in [6.45, 7) is 0. The topological polar surface area (TPSA) is 87.0 Å². The molecule has 1 fully saturated rings. The van der Waals surface area contributed by atoms with Gasteiger partial charge in [0.15, 0.2) is 0 Å². The summed E-state index contributed by atoms with van der Waals surface area (Å²) in [5.41, 5.74) is -2.21. The number of amides is 2. The number of alkyl halides is 4. The molecule has 38 heavy (non-hydrogen) atoms. The van der Waals surface area contributed by atoms with Crippen LogP contribution in [0.4, 0.5) is 26.7 Å². The molecule has 1 saturated carbocycles. The van der Waals surface area contributed by atoms with Crippen LogP contribution < -0.4 is 15.4 Å². The Balaban J connectivity index is 1.88. The molecule has 1 heterocycles. The van der Waals surface area contributed by atoms with Crippen molar-refractivity contribution < 1.29 is 31.5 Å². The van der Waals surface area contributed by atoms with Crippen LogP contribution in [0.3, 0.4) is 0 Å². The number of hydrogen-bond donors (Lipinski definition) is 2. The highest BCUT2D eigenvalue weighted by Gasteiger charge is 2.47. The second kappa shape index (κ2) is 10.5. The Hall–Kier alpha value is -3.91. The number of pyridine rings is 1. The fourth-order valence-electron chi connectivity index (χ4n) is 3.95. The van der Waals surface area contributed by atoms with E-state index in [0.717, 1.165) is 12.1 Å². The van der Waals surface area contributed by atoms with Gasteiger partial charge in [0, 0.05) is 18.7 Å². The average Bonchev–Trinajstić information content (AvgIpc) is 3.63. The molecule has 198 valence electrons. The van der Waals surface area contributed by atoms with Crippen molar-refractivity contribution >= 4 is 17.6 Å². The van der Waals surface area contributed by atoms with E-state index in [-0.39, 0.29) is 22.7 Å². The van der Waals surface area contributed by atoms with Crippen molar-refractivity contribution in [3.05, 3.63) is 94.5 Å². The first-order chi connectivity index (χ1) is 18.0. The molecule has 1 aliphatic carbocycles. The monoisotopic (exact) mass is 550 g/mol. The van der Waals surface area contributed by atoms with E-state index in [1.165, 1.54) is 18.3 Å². The van der Waals surface area contributed by atoms with Crippen LogP contribution in [0.5, 0.6) is 5.75 Å². The summed E-state index contributed by atoms with van der Waals surface area (Å²) in [6.07, 6.45) is -7.04. The highest BCUT2D eigenvalue weighted by Crippen LogP contribution is 2.38. The van der Waals surface area contributed by atoms with Crippen LogP contribution in [-0.4, -0.2) is 29.1 Å². The maximum absolute atomic E-state index is 14.8. The maximum Gasteiger partial charge on any atom is 0.461 e. The second-order valence-corrected chi connectivity index (χ2v) is 9.28. The van der Waals surface area contributed by atoms with Crippen molar-refractivity contribution in [3.8, 4) is 11.8 Å². The number of ether oxygens (including phenoxy) is 1. The zero-order valence-corrected chi connectivity index (χ0v) is 20.3. The number of nitrogens with zero attached hydrogens (tertiary/aromatic N) is 2. The Morgan fingerprint density at radius 1 is 1.16 bits per heavy atom. The fourth-order valence-corrected chi connectivity index (χ4v) is 4.06. The van der Waals surface area contributed by atoms with Gasteiger partial charge >= 0.3 is 18.6 Å². The molecule has 1 aliphatic rings. The number of nitriles is 1. The molecular weight excluding hydrogens is 531 g/mol. The van der Waals surface area contributed by atoms with Gasteiger partial charge in [-0.25, -0.2) is 9.18 Å². The summed E-state index contributed by atoms with van der Waals surface area (Å²) in [5, 5.41) is 15.0. The van der Waals surface area contributed by atoms with Crippen LogP contribution in [0, 0.1) is 17.1 Å². The summed E-state index contributed by atoms with van der Waals surface area (Å²) in [4.78, 5) is 17.5. The number of benzene rings is 2. The first kappa shape index (κ1) is 27.1. The summed E-state index contributed by atoms with van der Waals surface area (Å²) >= 11 is 6.01. The number of halogens is 6. The van der Waals surface area contributed by atoms with Crippen molar-refractivity contribution in [1.29, 1.82) is 5.26 Å². The number of carbonyl (C=O) groups is 1. The molecule has 4 rings (SSSR count). The normalized spacial score (nSPS) is 15.7. The van der Waals surface area contributed by atoms with Gasteiger partial charge in [-0.1, -0.05) is 41.9 Å². The second-order valence-electron chi connectivity index (χ2n) is 8.84. The van der Waals surface area contributed by atoms with Gasteiger partial charge in [-0.15, -0.1) is 0 Å². The Labute approximate surface area is 219 Å². The number of carbonyl (C=O) groups excluding carboxylic acids is 1. The van der Waals surface area contributed by atoms with Gasteiger partial charge in [0.2, 0.25) is 0 Å². The standard InChI is InChI=1S/C26H20ClF5N4O2/c27-18-6-7-21(34-14-18)25(13-16-4-2-1-3-5-16,36-23(37)35-24(15-33)8-9-24)17-10-19(28)12-20(11-17)38-26(31,32)22(29)30/h1-7,10-12,14,22H,8-9,13H2,(H2,35,36,37). The molecule has 0 radical (unpaired) electrons. The third-order valence-electron chi connectivity index (χ3n) is 5.99. The van der Waals surface area contributed by atoms with E-state index in [0.29, 0.717) is 24.5 Å². The zero-order chi connectivity index (χ0) is 27.6. The van der Waals surface area contributed by atoms with E-state index in [1.807, 2.05) is 6.07 Å². The third kappa shape index (κ3) is 5.97. The summed E-state index contributed by atoms with van der Waals surface area (Å²) in [5.74, 6) is -1.98. The van der Waals surface area contributed by atoms with E-state index < -0.39 is 41.2 Å². The van der Waals surface area contributed by atoms with Gasteiger partial charge < -0.3 is 15.4 Å². The average molecular weight is 551 g/mol. The molecule has 0 saturated heterocycles. The zero-order valence-electron chi connectivity index (χ0n) is 19.5. The Morgan fingerprint density at radius 3 is 2.45 bits per heavy atom. The Bertz CT molecular complexity index is 1350. The SMILES string of the molecule is N#CC1(NC(=O)NC(Cc2ccccc2)(c2cc(F)cc(OC(F)(F)C(F)F)c2)c2ccc(Cl)cn2)CC1. The minimum absolute atomic E-state index is 0.0798. The van der Waals surface area contributed by atoms with Crippen molar-refractivity contribution in [3.63, 3.8) is 0 Å². The highest BCUT2D eigenvalue weighted by molar-refractivity contribution is 6.30. The number of rotatable bonds is 9. The lowest BCUT2D eigenvalue weighted by Gasteiger charge is -2.36. The Kier molecular flexibility index (Phi) is 7.47. The van der Waals surface area contributed by atoms with E-state index in [9.17, 15) is 32.0 Å². The molecule has 2 aromatic carbocycles. The third-order valence-corrected chi connectivity index (χ3v) is 6.22. The molecule has 1 aromatic heterocycles. The minimum Gasteiger partial charge on any atom is -0.428 e. The maximum atomic E-state index is 14.8. The highest BCUT2D eigenvalue weighted by atomic mass is 35.5. The quantitative estimate of drug-likeness (QED) is 0.322. The molecular formula is C26H20ClF5N4O2. The molecule has 0 bridgehead atoms. The predicted molar refractivity (Wildman–Crippen MR) is 127 cm³/mol. The smallest absolute Gasteiger partial charge is 0.428 e. The van der Waals surface area contributed by atoms with Crippen molar-refractivity contribution in [2.75, 3.05) is 0 Å². The van der Waals surface area contributed by atoms with Crippen LogP contribution in [-0.2, 0) is 12.0 Å². The van der Waals surface area contributed by atoms with E-state index in [2.05, 4.69) is 20.4 Å². The molecule has 1 atom stereocenters. The molecule has 1 unspecified atom stereocenters. The van der Waals surface area contributed by atoms with E-state index in [1.54, 1.807) is 30.3 Å². The molecule has 2 N–H and O–H groups in total. The summed E-state index contributed by atoms with van der Waals surface area (Å²) in [7, 11) is 0. The number of hydrogen-bond acceptors (Lipinski definition) is 4. The van der Waals surface area contributed by atoms with Crippen LogP contribution in [0.1, 0.15) is 29.7 Å². The van der Waals surface area contributed by atoms with Crippen molar-refractivity contribution in [1.82, 2.24) is 15.6 Å². The molecule has 0 spiro atoms. The van der Waals surface area contributed by atoms with Crippen LogP contribution in [0.15, 0.2) is 66.9 Å². The predicted octanol–water partition coefficient (Wildman–Crippen LogP) is 5.95. The van der Waals surface area contributed by atoms with Crippen molar-refractivity contribution in [2.24, 2.45) is 0 Å². The molecule has 2 amide bonds. The molecule has 0 aliphatic heterocycles. The van der Waals surface area contributed by atoms with Gasteiger partial charge in [-0.3, -0.25) is 4.98 Å². The van der Waals surface area contributed by atoms with Crippen LogP contribution in [0.2, 0.25) is 5.02 Å². The van der Waals surface area contributed by atoms with Gasteiger partial charge in [0.25, 0.3) is 0 Å². The van der Waals surface area contributed by atoms with Crippen LogP contribution >= 0.6 is 11.6 Å². The molecule has 3 aromatic rings. The lowest BCUT2D eigenvalue weighted by molar-refractivity contribution is -0.253. The summed E-state index contributed by atoms with van der Waals surface area (Å²) < 4.78 is 72.0. The largest absolute Gasteiger partial charge is 0.461 e. The number of aromatic nitrogens is 1. The van der Waals surface area contributed by atoms with Crippen LogP contribution in [0.25, 0.3) is 0 Å². The van der Waals surface area contributed by atoms with Crippen molar-refractivity contribution in [2.45, 2.75) is 42.9 Å². The lowest BCUT2D eigenvalue weighted by atomic mass is 9.80. The Morgan fingerprint density at radius 2 is 1.87 bits per heavy atom. The minimum atomic E-state index is -4.90. The fraction of sp³-hybridized carbons (Fsp3) is 0.269. The van der Waals surface area contributed by atoms with Gasteiger partial charge in [0.05, 0.1) is 16.8 Å². The lowest BCUT2D eigenvalue weighted by Crippen LogP contribution is -2.54. The summed E-state index contributed by atoms with van der Waals surface area (Å²) in [6, 6.07) is 15.1. The van der Waals surface area contributed by atoms with E-state index >= 15 is 0 Å². The van der Waals surface area contributed by atoms with Gasteiger partial charge in [-0.05, 0) is 48.2 Å². The van der Waals surface area contributed by atoms with E-state index in [4.69, 9.17) is 11.6 Å². The number of nitrogens with one attached hydrogen (secondary N) is 2.